The van der Waals surface area contributed by atoms with Gasteiger partial charge in [-0.15, -0.1) is 0 Å². The van der Waals surface area contributed by atoms with Crippen molar-refractivity contribution in [2.45, 2.75) is 18.9 Å². The van der Waals surface area contributed by atoms with E-state index in [1.807, 2.05) is 18.2 Å². The van der Waals surface area contributed by atoms with Gasteiger partial charge in [0.2, 0.25) is 0 Å². The lowest BCUT2D eigenvalue weighted by atomic mass is 10.00. The number of nitro groups is 1. The number of hydrogen-bond acceptors (Lipinski definition) is 6. The molecule has 5 rings (SSSR count). The molecular weight excluding hydrogens is 358 g/mol. The predicted octanol–water partition coefficient (Wildman–Crippen LogP) is 4.48. The van der Waals surface area contributed by atoms with Crippen molar-refractivity contribution in [1.29, 1.82) is 0 Å². The van der Waals surface area contributed by atoms with Crippen LogP contribution in [0.15, 0.2) is 48.8 Å². The van der Waals surface area contributed by atoms with Crippen molar-refractivity contribution in [2.75, 3.05) is 18.5 Å². The summed E-state index contributed by atoms with van der Waals surface area (Å²) in [5.74, 6) is 2.07. The second-order valence-electron chi connectivity index (χ2n) is 7.17. The minimum absolute atomic E-state index is 0.0657. The number of rotatable bonds is 5. The fourth-order valence-corrected chi connectivity index (χ4v) is 3.78. The molecule has 1 aromatic heterocycles. The molecule has 0 saturated heterocycles. The Kier molecular flexibility index (Phi) is 4.00. The molecule has 7 nitrogen and oxygen atoms in total. The van der Waals surface area contributed by atoms with Crippen LogP contribution in [0.4, 0.5) is 11.4 Å². The number of benzene rings is 2. The van der Waals surface area contributed by atoms with Crippen molar-refractivity contribution in [3.05, 3.63) is 64.5 Å². The van der Waals surface area contributed by atoms with E-state index in [0.29, 0.717) is 24.5 Å². The number of nitro benzene ring substituents is 1. The first-order chi connectivity index (χ1) is 13.7. The molecule has 1 N–H and O–H groups in total. The molecule has 28 heavy (non-hydrogen) atoms. The molecule has 2 aliphatic rings. The van der Waals surface area contributed by atoms with E-state index in [0.717, 1.165) is 41.0 Å². The van der Waals surface area contributed by atoms with Crippen LogP contribution in [-0.2, 0) is 0 Å². The Morgan fingerprint density at radius 2 is 1.89 bits per heavy atom. The first kappa shape index (κ1) is 16.8. The highest BCUT2D eigenvalue weighted by molar-refractivity contribution is 5.99. The Balaban J connectivity index is 1.53. The summed E-state index contributed by atoms with van der Waals surface area (Å²) in [6.45, 7) is 1.12. The highest BCUT2D eigenvalue weighted by Gasteiger charge is 2.33. The quantitative estimate of drug-likeness (QED) is 0.521. The number of anilines is 1. The molecule has 1 aliphatic carbocycles. The third kappa shape index (κ3) is 2.98. The van der Waals surface area contributed by atoms with Crippen LogP contribution in [0, 0.1) is 16.0 Å². The fraction of sp³-hybridized carbons (Fsp3) is 0.286. The van der Waals surface area contributed by atoms with Gasteiger partial charge < -0.3 is 14.8 Å². The van der Waals surface area contributed by atoms with Crippen LogP contribution in [0.25, 0.3) is 10.8 Å². The van der Waals surface area contributed by atoms with Gasteiger partial charge in [-0.2, -0.15) is 0 Å². The molecule has 1 aliphatic heterocycles. The fourth-order valence-electron chi connectivity index (χ4n) is 3.78. The molecule has 3 aromatic rings. The summed E-state index contributed by atoms with van der Waals surface area (Å²) in [6, 6.07) is 11.3. The molecule has 1 unspecified atom stereocenters. The summed E-state index contributed by atoms with van der Waals surface area (Å²) in [7, 11) is 0. The van der Waals surface area contributed by atoms with E-state index in [2.05, 4.69) is 16.4 Å². The first-order valence-corrected chi connectivity index (χ1v) is 9.38. The standard InChI is InChI=1S/C21H19N3O4/c25-24(26)18-5-4-17(15-7-8-22-12-16(15)18)23-21(13-1-2-13)14-3-6-19-20(11-14)28-10-9-27-19/h3-8,11-13,21,23H,1-2,9-10H2. The summed E-state index contributed by atoms with van der Waals surface area (Å²) < 4.78 is 11.4. The van der Waals surface area contributed by atoms with Crippen LogP contribution in [0.5, 0.6) is 11.5 Å². The second-order valence-corrected chi connectivity index (χ2v) is 7.17. The maximum absolute atomic E-state index is 11.4. The zero-order chi connectivity index (χ0) is 19.1. The van der Waals surface area contributed by atoms with E-state index in [1.165, 1.54) is 0 Å². The third-order valence-corrected chi connectivity index (χ3v) is 5.32. The first-order valence-electron chi connectivity index (χ1n) is 9.38. The monoisotopic (exact) mass is 377 g/mol. The number of nitrogens with one attached hydrogen (secondary N) is 1. The Bertz CT molecular complexity index is 1060. The summed E-state index contributed by atoms with van der Waals surface area (Å²) in [5.41, 5.74) is 2.07. The Labute approximate surface area is 161 Å². The number of hydrogen-bond donors (Lipinski definition) is 1. The molecular formula is C21H19N3O4. The average Bonchev–Trinajstić information content (AvgIpc) is 3.56. The Morgan fingerprint density at radius 1 is 1.07 bits per heavy atom. The van der Waals surface area contributed by atoms with Crippen molar-refractivity contribution < 1.29 is 14.4 Å². The van der Waals surface area contributed by atoms with Gasteiger partial charge >= 0.3 is 0 Å². The topological polar surface area (TPSA) is 86.5 Å². The van der Waals surface area contributed by atoms with Crippen LogP contribution in [0.2, 0.25) is 0 Å². The van der Waals surface area contributed by atoms with Crippen LogP contribution in [0.3, 0.4) is 0 Å². The van der Waals surface area contributed by atoms with Gasteiger partial charge in [0.15, 0.2) is 11.5 Å². The highest BCUT2D eigenvalue weighted by Crippen LogP contribution is 2.46. The Hall–Kier alpha value is -3.35. The van der Waals surface area contributed by atoms with Crippen LogP contribution < -0.4 is 14.8 Å². The summed E-state index contributed by atoms with van der Waals surface area (Å²) >= 11 is 0. The van der Waals surface area contributed by atoms with Gasteiger partial charge in [-0.05, 0) is 48.6 Å². The lowest BCUT2D eigenvalue weighted by Gasteiger charge is -2.24. The van der Waals surface area contributed by atoms with Crippen molar-refractivity contribution in [2.24, 2.45) is 5.92 Å². The van der Waals surface area contributed by atoms with E-state index in [9.17, 15) is 10.1 Å². The lowest BCUT2D eigenvalue weighted by Crippen LogP contribution is -2.17. The Morgan fingerprint density at radius 3 is 2.68 bits per heavy atom. The zero-order valence-corrected chi connectivity index (χ0v) is 15.1. The maximum Gasteiger partial charge on any atom is 0.278 e. The number of ether oxygens (including phenoxy) is 2. The number of aromatic nitrogens is 1. The minimum Gasteiger partial charge on any atom is -0.486 e. The number of non-ortho nitro benzene ring substituents is 1. The van der Waals surface area contributed by atoms with Crippen LogP contribution in [-0.4, -0.2) is 23.1 Å². The van der Waals surface area contributed by atoms with Crippen molar-refractivity contribution >= 4 is 22.1 Å². The van der Waals surface area contributed by atoms with Crippen LogP contribution >= 0.6 is 0 Å². The van der Waals surface area contributed by atoms with Crippen molar-refractivity contribution in [3.8, 4) is 11.5 Å². The summed E-state index contributed by atoms with van der Waals surface area (Å²) in [5, 5.41) is 16.3. The molecule has 2 heterocycles. The predicted molar refractivity (Wildman–Crippen MR) is 105 cm³/mol. The highest BCUT2D eigenvalue weighted by atomic mass is 16.6. The average molecular weight is 377 g/mol. The normalized spacial score (nSPS) is 16.6. The molecule has 0 bridgehead atoms. The van der Waals surface area contributed by atoms with E-state index in [4.69, 9.17) is 9.47 Å². The second kappa shape index (κ2) is 6.67. The van der Waals surface area contributed by atoms with Gasteiger partial charge in [0.1, 0.15) is 13.2 Å². The molecule has 0 amide bonds. The number of pyridine rings is 1. The molecule has 1 atom stereocenters. The number of fused-ring (bicyclic) bond motifs is 2. The van der Waals surface area contributed by atoms with Gasteiger partial charge in [-0.25, -0.2) is 0 Å². The third-order valence-electron chi connectivity index (χ3n) is 5.32. The lowest BCUT2D eigenvalue weighted by molar-refractivity contribution is -0.383. The van der Waals surface area contributed by atoms with Crippen molar-refractivity contribution in [3.63, 3.8) is 0 Å². The molecule has 7 heteroatoms. The molecule has 0 radical (unpaired) electrons. The number of nitrogens with zero attached hydrogens (tertiary/aromatic N) is 2. The van der Waals surface area contributed by atoms with Gasteiger partial charge in [-0.3, -0.25) is 15.1 Å². The van der Waals surface area contributed by atoms with Gasteiger partial charge in [0.25, 0.3) is 5.69 Å². The summed E-state index contributed by atoms with van der Waals surface area (Å²) in [4.78, 5) is 15.1. The van der Waals surface area contributed by atoms with Gasteiger partial charge in [-0.1, -0.05) is 6.07 Å². The van der Waals surface area contributed by atoms with E-state index >= 15 is 0 Å². The smallest absolute Gasteiger partial charge is 0.278 e. The molecule has 0 spiro atoms. The SMILES string of the molecule is O=[N+]([O-])c1ccc(NC(c2ccc3c(c2)OCCO3)C2CC2)c2ccncc12. The largest absolute Gasteiger partial charge is 0.486 e. The molecule has 2 aromatic carbocycles. The van der Waals surface area contributed by atoms with E-state index in [-0.39, 0.29) is 16.7 Å². The summed E-state index contributed by atoms with van der Waals surface area (Å²) in [6.07, 6.45) is 5.51. The van der Waals surface area contributed by atoms with Crippen molar-refractivity contribution in [1.82, 2.24) is 4.98 Å². The minimum atomic E-state index is -0.368. The molecule has 142 valence electrons. The molecule has 1 fully saturated rings. The van der Waals surface area contributed by atoms with Crippen LogP contribution in [0.1, 0.15) is 24.4 Å². The van der Waals surface area contributed by atoms with E-state index in [1.54, 1.807) is 24.5 Å². The molecule has 1 saturated carbocycles. The van der Waals surface area contributed by atoms with Gasteiger partial charge in [0, 0.05) is 29.5 Å². The zero-order valence-electron chi connectivity index (χ0n) is 15.1. The van der Waals surface area contributed by atoms with E-state index < -0.39 is 0 Å². The van der Waals surface area contributed by atoms with Gasteiger partial charge in [0.05, 0.1) is 16.4 Å². The maximum atomic E-state index is 11.4.